The standard InChI is InChI=1S/C11H18O4.C5H10O2.6CH4/c1-5-9(12)14-7-8-15-10(13)11(3,4)6-2;1-4(2)3-5(6)7;;;;;;/h5H,1,6-8H2,2-4H3;4H,3H2,1-2H3,(H,6,7);6*1H4. The molecule has 6 heteroatoms. The van der Waals surface area contributed by atoms with Gasteiger partial charge in [0.1, 0.15) is 13.2 Å². The van der Waals surface area contributed by atoms with Crippen molar-refractivity contribution in [1.82, 2.24) is 0 Å². The molecule has 0 amide bonds. The van der Waals surface area contributed by atoms with E-state index in [1.807, 2.05) is 34.6 Å². The van der Waals surface area contributed by atoms with E-state index in [1.165, 1.54) is 0 Å². The topological polar surface area (TPSA) is 89.9 Å². The molecule has 0 heterocycles. The van der Waals surface area contributed by atoms with Crippen molar-refractivity contribution in [2.75, 3.05) is 13.2 Å². The SMILES string of the molecule is C.C.C.C.C.C.C=CC(=O)OCCOC(=O)C(C)(C)CC.CC(C)CC(=O)O. The van der Waals surface area contributed by atoms with Gasteiger partial charge in [-0.25, -0.2) is 4.79 Å². The van der Waals surface area contributed by atoms with Crippen LogP contribution in [0.2, 0.25) is 0 Å². The lowest BCUT2D eigenvalue weighted by molar-refractivity contribution is -0.157. The summed E-state index contributed by atoms with van der Waals surface area (Å²) in [5.74, 6) is -1.23. The van der Waals surface area contributed by atoms with Crippen LogP contribution in [0.3, 0.4) is 0 Å². The lowest BCUT2D eigenvalue weighted by Gasteiger charge is -2.20. The number of carbonyl (C=O) groups excluding carboxylic acids is 2. The van der Waals surface area contributed by atoms with E-state index in [9.17, 15) is 14.4 Å². The zero-order valence-electron chi connectivity index (χ0n) is 14.2. The maximum Gasteiger partial charge on any atom is 0.330 e. The predicted octanol–water partition coefficient (Wildman–Crippen LogP) is 6.63. The van der Waals surface area contributed by atoms with E-state index in [2.05, 4.69) is 11.3 Å². The van der Waals surface area contributed by atoms with Crippen molar-refractivity contribution in [2.45, 2.75) is 92.0 Å². The molecule has 6 nitrogen and oxygen atoms in total. The minimum absolute atomic E-state index is 0. The molecule has 0 rings (SSSR count). The number of esters is 2. The average molecular weight is 413 g/mol. The molecule has 176 valence electrons. The van der Waals surface area contributed by atoms with E-state index < -0.39 is 17.4 Å². The van der Waals surface area contributed by atoms with Crippen molar-refractivity contribution in [3.05, 3.63) is 12.7 Å². The van der Waals surface area contributed by atoms with E-state index in [0.29, 0.717) is 6.42 Å². The summed E-state index contributed by atoms with van der Waals surface area (Å²) in [6.45, 7) is 12.7. The van der Waals surface area contributed by atoms with Gasteiger partial charge in [-0.3, -0.25) is 9.59 Å². The molecule has 0 aliphatic carbocycles. The van der Waals surface area contributed by atoms with E-state index >= 15 is 0 Å². The summed E-state index contributed by atoms with van der Waals surface area (Å²) in [6, 6.07) is 0. The Hall–Kier alpha value is -1.85. The molecular weight excluding hydrogens is 360 g/mol. The molecular formula is C22H52O6. The number of carbonyl (C=O) groups is 3. The highest BCUT2D eigenvalue weighted by atomic mass is 16.6. The van der Waals surface area contributed by atoms with Gasteiger partial charge in [-0.05, 0) is 26.2 Å². The quantitative estimate of drug-likeness (QED) is 0.273. The van der Waals surface area contributed by atoms with Gasteiger partial charge in [0.25, 0.3) is 0 Å². The fourth-order valence-corrected chi connectivity index (χ4v) is 1.02. The number of rotatable bonds is 8. The van der Waals surface area contributed by atoms with Gasteiger partial charge in [-0.1, -0.05) is 71.9 Å². The summed E-state index contributed by atoms with van der Waals surface area (Å²) >= 11 is 0. The molecule has 0 aromatic carbocycles. The summed E-state index contributed by atoms with van der Waals surface area (Å²) in [7, 11) is 0. The Labute approximate surface area is 176 Å². The minimum Gasteiger partial charge on any atom is -0.481 e. The van der Waals surface area contributed by atoms with Gasteiger partial charge in [0.2, 0.25) is 0 Å². The molecule has 0 aliphatic rings. The molecule has 1 N–H and O–H groups in total. The number of carboxylic acid groups (broad SMARTS) is 1. The Morgan fingerprint density at radius 2 is 1.36 bits per heavy atom. The Morgan fingerprint density at radius 1 is 0.964 bits per heavy atom. The number of hydrogen-bond donors (Lipinski definition) is 1. The smallest absolute Gasteiger partial charge is 0.330 e. The van der Waals surface area contributed by atoms with E-state index in [1.54, 1.807) is 0 Å². The van der Waals surface area contributed by atoms with Crippen LogP contribution in [-0.2, 0) is 23.9 Å². The number of ether oxygens (including phenoxy) is 2. The fraction of sp³-hybridized carbons (Fsp3) is 0.773. The predicted molar refractivity (Wildman–Crippen MR) is 124 cm³/mol. The Bertz CT molecular complexity index is 373. The van der Waals surface area contributed by atoms with Crippen molar-refractivity contribution in [3.8, 4) is 0 Å². The highest BCUT2D eigenvalue weighted by molar-refractivity contribution is 5.81. The normalized spacial score (nSPS) is 8.07. The lowest BCUT2D eigenvalue weighted by atomic mass is 9.91. The van der Waals surface area contributed by atoms with Crippen LogP contribution in [0.5, 0.6) is 0 Å². The molecule has 0 aromatic rings. The Kier molecular flexibility index (Phi) is 49.1. The van der Waals surface area contributed by atoms with Crippen molar-refractivity contribution in [3.63, 3.8) is 0 Å². The highest BCUT2D eigenvalue weighted by Gasteiger charge is 2.26. The van der Waals surface area contributed by atoms with Crippen LogP contribution in [-0.4, -0.2) is 36.2 Å². The van der Waals surface area contributed by atoms with Gasteiger partial charge in [-0.2, -0.15) is 0 Å². The largest absolute Gasteiger partial charge is 0.481 e. The molecule has 0 aromatic heterocycles. The van der Waals surface area contributed by atoms with Crippen LogP contribution in [0, 0.1) is 11.3 Å². The summed E-state index contributed by atoms with van der Waals surface area (Å²) in [4.78, 5) is 31.9. The number of hydrogen-bond acceptors (Lipinski definition) is 5. The van der Waals surface area contributed by atoms with Crippen LogP contribution in [0.1, 0.15) is 92.0 Å². The minimum atomic E-state index is -0.713. The third kappa shape index (κ3) is 31.9. The molecule has 0 atom stereocenters. The summed E-state index contributed by atoms with van der Waals surface area (Å²) in [5.41, 5.74) is -0.484. The molecule has 0 fully saturated rings. The molecule has 0 saturated carbocycles. The van der Waals surface area contributed by atoms with Gasteiger partial charge in [0.15, 0.2) is 0 Å². The van der Waals surface area contributed by atoms with Crippen LogP contribution in [0.25, 0.3) is 0 Å². The summed E-state index contributed by atoms with van der Waals surface area (Å²) in [5, 5.41) is 8.08. The van der Waals surface area contributed by atoms with E-state index in [4.69, 9.17) is 9.84 Å². The third-order valence-electron chi connectivity index (χ3n) is 2.75. The van der Waals surface area contributed by atoms with Crippen molar-refractivity contribution >= 4 is 17.9 Å². The second kappa shape index (κ2) is 27.4. The number of aliphatic carboxylic acids is 1. The molecule has 0 bridgehead atoms. The second-order valence-electron chi connectivity index (χ2n) is 5.74. The average Bonchev–Trinajstić information content (AvgIpc) is 2.41. The van der Waals surface area contributed by atoms with Crippen LogP contribution in [0.15, 0.2) is 12.7 Å². The van der Waals surface area contributed by atoms with Crippen LogP contribution >= 0.6 is 0 Å². The van der Waals surface area contributed by atoms with Crippen LogP contribution < -0.4 is 0 Å². The highest BCUT2D eigenvalue weighted by Crippen LogP contribution is 2.21. The zero-order chi connectivity index (χ0) is 17.8. The van der Waals surface area contributed by atoms with Gasteiger partial charge >= 0.3 is 17.9 Å². The van der Waals surface area contributed by atoms with Gasteiger partial charge in [-0.15, -0.1) is 0 Å². The maximum absolute atomic E-state index is 11.4. The van der Waals surface area contributed by atoms with Gasteiger partial charge in [0, 0.05) is 12.5 Å². The first kappa shape index (κ1) is 50.2. The maximum atomic E-state index is 11.4. The first-order valence-corrected chi connectivity index (χ1v) is 7.25. The molecule has 0 radical (unpaired) electrons. The van der Waals surface area contributed by atoms with E-state index in [-0.39, 0.29) is 76.1 Å². The monoisotopic (exact) mass is 412 g/mol. The van der Waals surface area contributed by atoms with Crippen molar-refractivity contribution in [2.24, 2.45) is 11.3 Å². The van der Waals surface area contributed by atoms with Crippen LogP contribution in [0.4, 0.5) is 0 Å². The molecule has 28 heavy (non-hydrogen) atoms. The Morgan fingerprint density at radius 3 is 1.61 bits per heavy atom. The molecule has 0 spiro atoms. The first-order chi connectivity index (χ1) is 10.1. The summed E-state index contributed by atoms with van der Waals surface area (Å²) in [6.07, 6.45) is 2.05. The lowest BCUT2D eigenvalue weighted by Crippen LogP contribution is -2.27. The van der Waals surface area contributed by atoms with Crippen molar-refractivity contribution < 1.29 is 29.0 Å². The fourth-order valence-electron chi connectivity index (χ4n) is 1.02. The van der Waals surface area contributed by atoms with Gasteiger partial charge in [0.05, 0.1) is 5.41 Å². The summed E-state index contributed by atoms with van der Waals surface area (Å²) < 4.78 is 9.60. The second-order valence-corrected chi connectivity index (χ2v) is 5.74. The Balaban J connectivity index is -0.0000000454. The van der Waals surface area contributed by atoms with Gasteiger partial charge < -0.3 is 14.6 Å². The van der Waals surface area contributed by atoms with Crippen molar-refractivity contribution in [1.29, 1.82) is 0 Å². The van der Waals surface area contributed by atoms with E-state index in [0.717, 1.165) is 6.08 Å². The zero-order valence-corrected chi connectivity index (χ0v) is 14.2. The molecule has 0 unspecified atom stereocenters. The molecule has 0 saturated heterocycles. The number of carboxylic acids is 1. The molecule has 0 aliphatic heterocycles. The third-order valence-corrected chi connectivity index (χ3v) is 2.75. The first-order valence-electron chi connectivity index (χ1n) is 7.25.